The molecule has 142 valence electrons. The minimum absolute atomic E-state index is 0.104. The Kier molecular flexibility index (Phi) is 8.94. The van der Waals surface area contributed by atoms with Gasteiger partial charge in [0.05, 0.1) is 0 Å². The highest BCUT2D eigenvalue weighted by Gasteiger charge is 2.46. The summed E-state index contributed by atoms with van der Waals surface area (Å²) in [5, 5.41) is 11.8. The van der Waals surface area contributed by atoms with Gasteiger partial charge in [0.1, 0.15) is 5.78 Å². The number of rotatable bonds is 11. The van der Waals surface area contributed by atoms with Gasteiger partial charge in [0.15, 0.2) is 0 Å². The van der Waals surface area contributed by atoms with Crippen LogP contribution in [0.2, 0.25) is 0 Å². The van der Waals surface area contributed by atoms with Crippen molar-refractivity contribution >= 4 is 5.78 Å². The number of nitrogens with zero attached hydrogens (tertiary/aromatic N) is 1. The highest BCUT2D eigenvalue weighted by Crippen LogP contribution is 2.40. The van der Waals surface area contributed by atoms with E-state index in [1.165, 1.54) is 56.4 Å². The van der Waals surface area contributed by atoms with Crippen LogP contribution in [0.3, 0.4) is 0 Å². The first kappa shape index (κ1) is 21.6. The number of ketones is 1. The Morgan fingerprint density at radius 3 is 1.75 bits per heavy atom. The van der Waals surface area contributed by atoms with Crippen molar-refractivity contribution in [2.75, 3.05) is 0 Å². The Hall–Kier alpha value is -0.410. The van der Waals surface area contributed by atoms with Gasteiger partial charge in [-0.05, 0) is 47.0 Å². The fourth-order valence-corrected chi connectivity index (χ4v) is 4.31. The smallest absolute Gasteiger partial charge is 0.136 e. The SMILES string of the molecule is CCCCCCCCCCCC(=O)C1CC(C)(C)N(O)C(C)(C)C1. The van der Waals surface area contributed by atoms with Crippen LogP contribution < -0.4 is 0 Å². The first-order valence-corrected chi connectivity index (χ1v) is 10.2. The molecule has 0 aromatic carbocycles. The Bertz CT molecular complexity index is 358. The van der Waals surface area contributed by atoms with E-state index in [2.05, 4.69) is 6.92 Å². The van der Waals surface area contributed by atoms with Crippen LogP contribution in [-0.4, -0.2) is 27.1 Å². The molecule has 0 unspecified atom stereocenters. The van der Waals surface area contributed by atoms with Gasteiger partial charge in [0.2, 0.25) is 0 Å². The van der Waals surface area contributed by atoms with Crippen LogP contribution in [0.15, 0.2) is 0 Å². The zero-order chi connectivity index (χ0) is 18.2. The molecular formula is C21H41NO2. The standard InChI is InChI=1S/C21H41NO2/c1-6-7-8-9-10-11-12-13-14-15-19(23)18-16-20(2,3)22(24)21(4,5)17-18/h18,24H,6-17H2,1-5H3. The molecule has 0 amide bonds. The first-order valence-electron chi connectivity index (χ1n) is 10.2. The molecule has 0 aliphatic carbocycles. The lowest BCUT2D eigenvalue weighted by molar-refractivity contribution is -0.249. The van der Waals surface area contributed by atoms with Crippen molar-refractivity contribution in [2.24, 2.45) is 5.92 Å². The molecule has 1 aliphatic heterocycles. The fourth-order valence-electron chi connectivity index (χ4n) is 4.31. The first-order chi connectivity index (χ1) is 11.2. The van der Waals surface area contributed by atoms with Crippen molar-refractivity contribution < 1.29 is 10.0 Å². The number of hydrogen-bond donors (Lipinski definition) is 1. The van der Waals surface area contributed by atoms with Gasteiger partial charge in [-0.1, -0.05) is 58.3 Å². The molecule has 1 heterocycles. The number of unbranched alkanes of at least 4 members (excludes halogenated alkanes) is 8. The van der Waals surface area contributed by atoms with Gasteiger partial charge in [0.25, 0.3) is 0 Å². The van der Waals surface area contributed by atoms with Crippen molar-refractivity contribution in [1.29, 1.82) is 0 Å². The maximum Gasteiger partial charge on any atom is 0.136 e. The second kappa shape index (κ2) is 9.91. The molecule has 3 heteroatoms. The molecule has 1 fully saturated rings. The van der Waals surface area contributed by atoms with Crippen LogP contribution >= 0.6 is 0 Å². The Balaban J connectivity index is 2.21. The lowest BCUT2D eigenvalue weighted by Gasteiger charge is -2.51. The van der Waals surface area contributed by atoms with Crippen LogP contribution in [0, 0.1) is 5.92 Å². The zero-order valence-corrected chi connectivity index (χ0v) is 16.9. The molecule has 0 radical (unpaired) electrons. The van der Waals surface area contributed by atoms with Crippen molar-refractivity contribution in [1.82, 2.24) is 5.06 Å². The summed E-state index contributed by atoms with van der Waals surface area (Å²) in [6.45, 7) is 10.4. The van der Waals surface area contributed by atoms with Crippen LogP contribution in [0.1, 0.15) is 112 Å². The molecule has 0 atom stereocenters. The number of piperidine rings is 1. The third kappa shape index (κ3) is 6.84. The lowest BCUT2D eigenvalue weighted by Crippen LogP contribution is -2.59. The van der Waals surface area contributed by atoms with E-state index in [1.807, 2.05) is 27.7 Å². The van der Waals surface area contributed by atoms with E-state index in [9.17, 15) is 10.0 Å². The second-order valence-electron chi connectivity index (χ2n) is 9.09. The average molecular weight is 340 g/mol. The quantitative estimate of drug-likeness (QED) is 0.460. The molecular weight excluding hydrogens is 298 g/mol. The molecule has 0 aromatic heterocycles. The Morgan fingerprint density at radius 1 is 0.875 bits per heavy atom. The molecule has 0 spiro atoms. The van der Waals surface area contributed by atoms with Crippen molar-refractivity contribution in [3.8, 4) is 0 Å². The molecule has 1 aliphatic rings. The van der Waals surface area contributed by atoms with Gasteiger partial charge in [-0.2, -0.15) is 5.06 Å². The molecule has 1 rings (SSSR count). The van der Waals surface area contributed by atoms with E-state index in [-0.39, 0.29) is 17.0 Å². The Labute approximate surface area is 150 Å². The van der Waals surface area contributed by atoms with Gasteiger partial charge < -0.3 is 5.21 Å². The minimum atomic E-state index is -0.319. The van der Waals surface area contributed by atoms with Gasteiger partial charge in [0, 0.05) is 23.4 Å². The summed E-state index contributed by atoms with van der Waals surface area (Å²) in [5.74, 6) is 0.514. The highest BCUT2D eigenvalue weighted by molar-refractivity contribution is 5.81. The molecule has 0 bridgehead atoms. The lowest BCUT2D eigenvalue weighted by atomic mass is 9.73. The van der Waals surface area contributed by atoms with Gasteiger partial charge in [-0.25, -0.2) is 0 Å². The normalized spacial score (nSPS) is 21.1. The van der Waals surface area contributed by atoms with E-state index in [1.54, 1.807) is 0 Å². The Morgan fingerprint density at radius 2 is 1.29 bits per heavy atom. The predicted molar refractivity (Wildman–Crippen MR) is 101 cm³/mol. The predicted octanol–water partition coefficient (Wildman–Crippen LogP) is 6.13. The van der Waals surface area contributed by atoms with E-state index < -0.39 is 0 Å². The largest absolute Gasteiger partial charge is 0.313 e. The summed E-state index contributed by atoms with van der Waals surface area (Å²) in [6.07, 6.45) is 13.8. The van der Waals surface area contributed by atoms with Crippen LogP contribution in [-0.2, 0) is 4.79 Å². The van der Waals surface area contributed by atoms with E-state index >= 15 is 0 Å². The van der Waals surface area contributed by atoms with E-state index in [4.69, 9.17) is 0 Å². The molecule has 1 N–H and O–H groups in total. The number of hydroxylamine groups is 2. The topological polar surface area (TPSA) is 40.5 Å². The van der Waals surface area contributed by atoms with Gasteiger partial charge in [-0.15, -0.1) is 0 Å². The summed E-state index contributed by atoms with van der Waals surface area (Å²) in [7, 11) is 0. The summed E-state index contributed by atoms with van der Waals surface area (Å²) in [4.78, 5) is 12.6. The third-order valence-corrected chi connectivity index (χ3v) is 5.62. The van der Waals surface area contributed by atoms with Gasteiger partial charge in [-0.3, -0.25) is 4.79 Å². The maximum absolute atomic E-state index is 12.6. The molecule has 0 saturated carbocycles. The van der Waals surface area contributed by atoms with Crippen molar-refractivity contribution in [3.63, 3.8) is 0 Å². The number of carbonyl (C=O) groups is 1. The van der Waals surface area contributed by atoms with Crippen LogP contribution in [0.5, 0.6) is 0 Å². The van der Waals surface area contributed by atoms with Gasteiger partial charge >= 0.3 is 0 Å². The molecule has 0 aromatic rings. The zero-order valence-electron chi connectivity index (χ0n) is 16.9. The number of hydrogen-bond acceptors (Lipinski definition) is 3. The van der Waals surface area contributed by atoms with E-state index in [0.717, 1.165) is 25.7 Å². The fraction of sp³-hybridized carbons (Fsp3) is 0.952. The number of Topliss-reactive ketones (excluding diaryl/α,β-unsaturated/α-hetero) is 1. The van der Waals surface area contributed by atoms with Crippen LogP contribution in [0.4, 0.5) is 0 Å². The molecule has 24 heavy (non-hydrogen) atoms. The summed E-state index contributed by atoms with van der Waals surface area (Å²) in [6, 6.07) is 0. The summed E-state index contributed by atoms with van der Waals surface area (Å²) < 4.78 is 0. The van der Waals surface area contributed by atoms with Crippen molar-refractivity contribution in [2.45, 2.75) is 123 Å². The third-order valence-electron chi connectivity index (χ3n) is 5.62. The maximum atomic E-state index is 12.6. The monoisotopic (exact) mass is 339 g/mol. The summed E-state index contributed by atoms with van der Waals surface area (Å²) >= 11 is 0. The molecule has 1 saturated heterocycles. The average Bonchev–Trinajstić information content (AvgIpc) is 2.50. The molecule has 3 nitrogen and oxygen atoms in total. The van der Waals surface area contributed by atoms with Crippen LogP contribution in [0.25, 0.3) is 0 Å². The minimum Gasteiger partial charge on any atom is -0.313 e. The second-order valence-corrected chi connectivity index (χ2v) is 9.09. The number of carbonyl (C=O) groups excluding carboxylic acids is 1. The van der Waals surface area contributed by atoms with Crippen molar-refractivity contribution in [3.05, 3.63) is 0 Å². The van der Waals surface area contributed by atoms with E-state index in [0.29, 0.717) is 5.78 Å². The highest BCUT2D eigenvalue weighted by atomic mass is 16.5. The summed E-state index contributed by atoms with van der Waals surface area (Å²) in [5.41, 5.74) is -0.638.